The Kier molecular flexibility index (Phi) is 4.13. The molecule has 1 aliphatic rings. The van der Waals surface area contributed by atoms with Gasteiger partial charge in [0.25, 0.3) is 6.71 Å². The number of rotatable bonds is 3. The normalized spacial score (nSPS) is 15.4. The molecule has 0 atom stereocenters. The maximum atomic E-state index is 9.09. The number of nitrogens with one attached hydrogen (secondary N) is 1. The van der Waals surface area contributed by atoms with Crippen molar-refractivity contribution in [3.63, 3.8) is 0 Å². The number of nitrogens with zero attached hydrogens (tertiary/aromatic N) is 5. The minimum absolute atomic E-state index is 0.232. The highest BCUT2D eigenvalue weighted by Crippen LogP contribution is 2.37. The standard InChI is InChI=1S/C20H21BN6S/c1-23-16-8-14(7-15-9-26(2)25-19(15)16)18-11-27-10-17(24-20(27)28-18)13-3-5-21(12-22)6-4-13/h7-11,13,23H,3-6H2,1-2H3. The number of fused-ring (bicyclic) bond motifs is 2. The minimum atomic E-state index is 0.232. The van der Waals surface area contributed by atoms with Crippen LogP contribution in [0, 0.1) is 11.2 Å². The number of hydrogen-bond donors (Lipinski definition) is 1. The molecule has 4 aromatic rings. The predicted octanol–water partition coefficient (Wildman–Crippen LogP) is 4.43. The average molecular weight is 388 g/mol. The first-order chi connectivity index (χ1) is 13.6. The van der Waals surface area contributed by atoms with Crippen molar-refractivity contribution in [1.82, 2.24) is 19.2 Å². The van der Waals surface area contributed by atoms with Crippen LogP contribution in [0.3, 0.4) is 0 Å². The van der Waals surface area contributed by atoms with Crippen LogP contribution in [0.15, 0.2) is 30.7 Å². The summed E-state index contributed by atoms with van der Waals surface area (Å²) in [5, 5.41) is 18.0. The second kappa shape index (κ2) is 6.68. The van der Waals surface area contributed by atoms with Gasteiger partial charge < -0.3 is 5.32 Å². The summed E-state index contributed by atoms with van der Waals surface area (Å²) < 4.78 is 4.00. The molecule has 1 aliphatic heterocycles. The van der Waals surface area contributed by atoms with Gasteiger partial charge in [-0.25, -0.2) is 10.2 Å². The molecule has 5 rings (SSSR count). The van der Waals surface area contributed by atoms with Crippen LogP contribution in [0.2, 0.25) is 12.6 Å². The van der Waals surface area contributed by atoms with Gasteiger partial charge in [-0.05, 0) is 17.7 Å². The van der Waals surface area contributed by atoms with Crippen molar-refractivity contribution in [2.75, 3.05) is 12.4 Å². The summed E-state index contributed by atoms with van der Waals surface area (Å²) in [4.78, 5) is 7.14. The van der Waals surface area contributed by atoms with E-state index in [0.717, 1.165) is 47.0 Å². The minimum Gasteiger partial charge on any atom is -0.386 e. The van der Waals surface area contributed by atoms with E-state index in [1.165, 1.54) is 16.1 Å². The first-order valence-electron chi connectivity index (χ1n) is 9.68. The highest BCUT2D eigenvalue weighted by molar-refractivity contribution is 7.20. The summed E-state index contributed by atoms with van der Waals surface area (Å²) in [7, 11) is 3.88. The van der Waals surface area contributed by atoms with E-state index < -0.39 is 0 Å². The zero-order valence-electron chi connectivity index (χ0n) is 16.0. The van der Waals surface area contributed by atoms with Crippen molar-refractivity contribution in [2.45, 2.75) is 31.4 Å². The van der Waals surface area contributed by atoms with Crippen LogP contribution in [0.4, 0.5) is 5.69 Å². The Bertz CT molecular complexity index is 1170. The third kappa shape index (κ3) is 2.87. The van der Waals surface area contributed by atoms with Crippen LogP contribution in [-0.2, 0) is 7.05 Å². The molecule has 0 aliphatic carbocycles. The van der Waals surface area contributed by atoms with E-state index in [9.17, 15) is 0 Å². The molecule has 0 radical (unpaired) electrons. The lowest BCUT2D eigenvalue weighted by molar-refractivity contribution is 0.598. The van der Waals surface area contributed by atoms with Gasteiger partial charge in [0.2, 0.25) is 0 Å². The third-order valence-electron chi connectivity index (χ3n) is 5.78. The maximum Gasteiger partial charge on any atom is 0.267 e. The first kappa shape index (κ1) is 17.3. The van der Waals surface area contributed by atoms with Crippen molar-refractivity contribution in [1.29, 1.82) is 5.26 Å². The van der Waals surface area contributed by atoms with E-state index in [2.05, 4.69) is 45.3 Å². The van der Waals surface area contributed by atoms with Crippen LogP contribution in [0.25, 0.3) is 26.3 Å². The molecule has 0 bridgehead atoms. The quantitative estimate of drug-likeness (QED) is 0.527. The van der Waals surface area contributed by atoms with E-state index in [-0.39, 0.29) is 6.71 Å². The Morgan fingerprint density at radius 1 is 1.25 bits per heavy atom. The maximum absolute atomic E-state index is 9.09. The third-order valence-corrected chi connectivity index (χ3v) is 6.83. The number of aromatic nitrogens is 4. The molecule has 1 aromatic carbocycles. The number of benzene rings is 1. The largest absolute Gasteiger partial charge is 0.386 e. The van der Waals surface area contributed by atoms with Crippen LogP contribution in [0.5, 0.6) is 0 Å². The van der Waals surface area contributed by atoms with Crippen molar-refractivity contribution in [3.05, 3.63) is 36.4 Å². The highest BCUT2D eigenvalue weighted by atomic mass is 32.1. The van der Waals surface area contributed by atoms with Crippen molar-refractivity contribution >= 4 is 39.6 Å². The fourth-order valence-electron chi connectivity index (χ4n) is 4.25. The van der Waals surface area contributed by atoms with Crippen LogP contribution >= 0.6 is 11.3 Å². The SMILES string of the molecule is CNc1cc(-c2cn3cc(C4CCB(C#N)CC4)nc3s2)cc2cn(C)nc12. The number of thiazole rings is 1. The topological polar surface area (TPSA) is 70.9 Å². The molecule has 0 amide bonds. The number of anilines is 1. The van der Waals surface area contributed by atoms with Gasteiger partial charge in [0.15, 0.2) is 4.96 Å². The fourth-order valence-corrected chi connectivity index (χ4v) is 5.21. The molecule has 0 spiro atoms. The van der Waals surface area contributed by atoms with E-state index in [1.807, 2.05) is 25.0 Å². The molecule has 4 heterocycles. The number of hydrogen-bond acceptors (Lipinski definition) is 5. The van der Waals surface area contributed by atoms with Gasteiger partial charge in [-0.2, -0.15) is 5.10 Å². The zero-order valence-corrected chi connectivity index (χ0v) is 16.8. The molecule has 0 saturated carbocycles. The van der Waals surface area contributed by atoms with Gasteiger partial charge in [-0.1, -0.05) is 36.8 Å². The summed E-state index contributed by atoms with van der Waals surface area (Å²) in [6.45, 7) is 0.232. The molecule has 140 valence electrons. The Labute approximate surface area is 167 Å². The second-order valence-corrected chi connectivity index (χ2v) is 8.65. The molecule has 6 nitrogen and oxygen atoms in total. The second-order valence-electron chi connectivity index (χ2n) is 7.64. The molecule has 8 heteroatoms. The van der Waals surface area contributed by atoms with Crippen molar-refractivity contribution in [2.24, 2.45) is 7.05 Å². The van der Waals surface area contributed by atoms with E-state index >= 15 is 0 Å². The van der Waals surface area contributed by atoms with Gasteiger partial charge in [0.1, 0.15) is 5.52 Å². The molecular formula is C20H21BN6S. The number of aryl methyl sites for hydroxylation is 1. The first-order valence-corrected chi connectivity index (χ1v) is 10.5. The summed E-state index contributed by atoms with van der Waals surface area (Å²) in [6, 6.07) is 4.35. The average Bonchev–Trinajstić information content (AvgIpc) is 3.39. The lowest BCUT2D eigenvalue weighted by Crippen LogP contribution is -2.18. The Hall–Kier alpha value is -2.79. The van der Waals surface area contributed by atoms with Gasteiger partial charge in [0, 0.05) is 50.0 Å². The van der Waals surface area contributed by atoms with Gasteiger partial charge >= 0.3 is 0 Å². The Morgan fingerprint density at radius 2 is 2.07 bits per heavy atom. The smallest absolute Gasteiger partial charge is 0.267 e. The van der Waals surface area contributed by atoms with Gasteiger partial charge in [0.05, 0.1) is 16.3 Å². The molecule has 0 unspecified atom stereocenters. The Morgan fingerprint density at radius 3 is 2.79 bits per heavy atom. The van der Waals surface area contributed by atoms with Gasteiger partial charge in [-0.15, -0.1) is 0 Å². The fraction of sp³-hybridized carbons (Fsp3) is 0.350. The van der Waals surface area contributed by atoms with Crippen molar-refractivity contribution < 1.29 is 0 Å². The molecule has 28 heavy (non-hydrogen) atoms. The van der Waals surface area contributed by atoms with Crippen LogP contribution in [0.1, 0.15) is 24.5 Å². The Balaban J connectivity index is 1.47. The predicted molar refractivity (Wildman–Crippen MR) is 115 cm³/mol. The summed E-state index contributed by atoms with van der Waals surface area (Å²) in [5.74, 6) is 2.90. The lowest BCUT2D eigenvalue weighted by atomic mass is 9.41. The molecular weight excluding hydrogens is 367 g/mol. The van der Waals surface area contributed by atoms with E-state index in [1.54, 1.807) is 11.3 Å². The molecule has 1 saturated heterocycles. The monoisotopic (exact) mass is 388 g/mol. The molecule has 1 N–H and O–H groups in total. The summed E-state index contributed by atoms with van der Waals surface area (Å²) in [6.07, 6.45) is 10.5. The number of nitriles is 1. The number of imidazole rings is 1. The van der Waals surface area contributed by atoms with Crippen LogP contribution in [-0.4, -0.2) is 32.9 Å². The highest BCUT2D eigenvalue weighted by Gasteiger charge is 2.27. The van der Waals surface area contributed by atoms with Gasteiger partial charge in [-0.3, -0.25) is 9.08 Å². The summed E-state index contributed by atoms with van der Waals surface area (Å²) in [5.41, 5.74) is 4.38. The van der Waals surface area contributed by atoms with Crippen molar-refractivity contribution in [3.8, 4) is 16.4 Å². The zero-order chi connectivity index (χ0) is 19.3. The molecule has 1 fully saturated rings. The van der Waals surface area contributed by atoms with E-state index in [0.29, 0.717) is 5.92 Å². The van der Waals surface area contributed by atoms with Crippen LogP contribution < -0.4 is 5.32 Å². The molecule has 3 aromatic heterocycles. The van der Waals surface area contributed by atoms with E-state index in [4.69, 9.17) is 10.2 Å². The lowest BCUT2D eigenvalue weighted by Gasteiger charge is -2.21. The summed E-state index contributed by atoms with van der Waals surface area (Å²) >= 11 is 1.72.